The SMILES string of the molecule is COc1cc(CO)ccc1Oc1ccc(C=O)c(Br)c1. The van der Waals surface area contributed by atoms with Crippen LogP contribution >= 0.6 is 15.9 Å². The van der Waals surface area contributed by atoms with E-state index in [0.717, 1.165) is 11.8 Å². The number of methoxy groups -OCH3 is 1. The second kappa shape index (κ2) is 6.54. The largest absolute Gasteiger partial charge is 0.493 e. The first-order valence-corrected chi connectivity index (χ1v) is 6.67. The minimum Gasteiger partial charge on any atom is -0.493 e. The van der Waals surface area contributed by atoms with E-state index in [1.165, 1.54) is 7.11 Å². The van der Waals surface area contributed by atoms with E-state index in [2.05, 4.69) is 15.9 Å². The second-order valence-electron chi connectivity index (χ2n) is 4.05. The fourth-order valence-corrected chi connectivity index (χ4v) is 2.14. The van der Waals surface area contributed by atoms with Gasteiger partial charge in [-0.25, -0.2) is 0 Å². The summed E-state index contributed by atoms with van der Waals surface area (Å²) in [4.78, 5) is 10.8. The lowest BCUT2D eigenvalue weighted by molar-refractivity contribution is 0.112. The Balaban J connectivity index is 2.29. The quantitative estimate of drug-likeness (QED) is 0.848. The molecule has 2 rings (SSSR count). The molecule has 0 atom stereocenters. The average Bonchev–Trinajstić information content (AvgIpc) is 2.48. The molecule has 0 radical (unpaired) electrons. The molecule has 0 aromatic heterocycles. The fourth-order valence-electron chi connectivity index (χ4n) is 1.69. The molecule has 0 bridgehead atoms. The van der Waals surface area contributed by atoms with Gasteiger partial charge >= 0.3 is 0 Å². The summed E-state index contributed by atoms with van der Waals surface area (Å²) in [5.74, 6) is 1.65. The molecule has 0 unspecified atom stereocenters. The van der Waals surface area contributed by atoms with E-state index in [4.69, 9.17) is 14.6 Å². The average molecular weight is 337 g/mol. The molecule has 0 saturated carbocycles. The van der Waals surface area contributed by atoms with Crippen molar-refractivity contribution < 1.29 is 19.4 Å². The van der Waals surface area contributed by atoms with Crippen molar-refractivity contribution in [2.75, 3.05) is 7.11 Å². The Hall–Kier alpha value is -1.85. The zero-order valence-corrected chi connectivity index (χ0v) is 12.4. The highest BCUT2D eigenvalue weighted by Gasteiger charge is 2.08. The predicted octanol–water partition coefficient (Wildman–Crippen LogP) is 3.55. The fraction of sp³-hybridized carbons (Fsp3) is 0.133. The Morgan fingerprint density at radius 1 is 1.20 bits per heavy atom. The van der Waals surface area contributed by atoms with Crippen LogP contribution in [-0.2, 0) is 6.61 Å². The first kappa shape index (κ1) is 14.6. The van der Waals surface area contributed by atoms with Crippen molar-refractivity contribution in [3.63, 3.8) is 0 Å². The molecule has 0 aliphatic rings. The molecule has 4 nitrogen and oxygen atoms in total. The summed E-state index contributed by atoms with van der Waals surface area (Å²) in [6, 6.07) is 10.3. The summed E-state index contributed by atoms with van der Waals surface area (Å²) in [6.07, 6.45) is 0.768. The van der Waals surface area contributed by atoms with E-state index in [0.29, 0.717) is 27.3 Å². The summed E-state index contributed by atoms with van der Waals surface area (Å²) in [7, 11) is 1.54. The van der Waals surface area contributed by atoms with Crippen molar-refractivity contribution in [1.29, 1.82) is 0 Å². The third-order valence-corrected chi connectivity index (χ3v) is 3.42. The van der Waals surface area contributed by atoms with Crippen LogP contribution in [-0.4, -0.2) is 18.5 Å². The molecule has 0 saturated heterocycles. The Morgan fingerprint density at radius 2 is 2.00 bits per heavy atom. The maximum Gasteiger partial charge on any atom is 0.169 e. The van der Waals surface area contributed by atoms with Crippen LogP contribution in [0.5, 0.6) is 17.2 Å². The zero-order valence-electron chi connectivity index (χ0n) is 10.8. The van der Waals surface area contributed by atoms with Gasteiger partial charge in [0.25, 0.3) is 0 Å². The van der Waals surface area contributed by atoms with Crippen LogP contribution in [0.1, 0.15) is 15.9 Å². The minimum atomic E-state index is -0.0593. The second-order valence-corrected chi connectivity index (χ2v) is 4.90. The number of rotatable bonds is 5. The van der Waals surface area contributed by atoms with Gasteiger partial charge in [-0.15, -0.1) is 0 Å². The number of aliphatic hydroxyl groups excluding tert-OH is 1. The highest BCUT2D eigenvalue weighted by Crippen LogP contribution is 2.33. The number of carbonyl (C=O) groups is 1. The summed E-state index contributed by atoms with van der Waals surface area (Å²) in [5.41, 5.74) is 1.30. The molecule has 2 aromatic rings. The molecule has 104 valence electrons. The Kier molecular flexibility index (Phi) is 4.76. The van der Waals surface area contributed by atoms with E-state index in [1.807, 2.05) is 0 Å². The van der Waals surface area contributed by atoms with E-state index >= 15 is 0 Å². The molecule has 0 aliphatic carbocycles. The summed E-state index contributed by atoms with van der Waals surface area (Å²) >= 11 is 3.30. The van der Waals surface area contributed by atoms with Gasteiger partial charge in [-0.2, -0.15) is 0 Å². The number of ether oxygens (including phenoxy) is 2. The van der Waals surface area contributed by atoms with Gasteiger partial charge in [0.1, 0.15) is 5.75 Å². The third kappa shape index (κ3) is 3.18. The van der Waals surface area contributed by atoms with Gasteiger partial charge in [0.15, 0.2) is 17.8 Å². The number of aldehydes is 1. The molecule has 0 aliphatic heterocycles. The Labute approximate surface area is 125 Å². The standard InChI is InChI=1S/C15H13BrO4/c1-19-15-6-10(8-17)2-5-14(15)20-12-4-3-11(9-18)13(16)7-12/h2-7,9,17H,8H2,1H3. The summed E-state index contributed by atoms with van der Waals surface area (Å²) in [6.45, 7) is -0.0593. The van der Waals surface area contributed by atoms with Crippen molar-refractivity contribution in [2.24, 2.45) is 0 Å². The van der Waals surface area contributed by atoms with Gasteiger partial charge in [0.2, 0.25) is 0 Å². The van der Waals surface area contributed by atoms with Gasteiger partial charge < -0.3 is 14.6 Å². The number of halogens is 1. The monoisotopic (exact) mass is 336 g/mol. The minimum absolute atomic E-state index is 0.0593. The molecule has 0 heterocycles. The van der Waals surface area contributed by atoms with Crippen LogP contribution in [0.4, 0.5) is 0 Å². The molecule has 5 heteroatoms. The lowest BCUT2D eigenvalue weighted by Crippen LogP contribution is -1.93. The normalized spacial score (nSPS) is 10.2. The smallest absolute Gasteiger partial charge is 0.169 e. The first-order chi connectivity index (χ1) is 9.67. The van der Waals surface area contributed by atoms with E-state index in [1.54, 1.807) is 36.4 Å². The van der Waals surface area contributed by atoms with Crippen molar-refractivity contribution in [3.05, 3.63) is 52.0 Å². The lowest BCUT2D eigenvalue weighted by atomic mass is 10.2. The first-order valence-electron chi connectivity index (χ1n) is 5.88. The van der Waals surface area contributed by atoms with Crippen LogP contribution in [0.3, 0.4) is 0 Å². The highest BCUT2D eigenvalue weighted by atomic mass is 79.9. The third-order valence-electron chi connectivity index (χ3n) is 2.74. The Bertz CT molecular complexity index is 625. The maximum atomic E-state index is 10.8. The van der Waals surface area contributed by atoms with E-state index in [9.17, 15) is 4.79 Å². The van der Waals surface area contributed by atoms with Crippen LogP contribution in [0.2, 0.25) is 0 Å². The molecular formula is C15H13BrO4. The van der Waals surface area contributed by atoms with Crippen molar-refractivity contribution in [3.8, 4) is 17.2 Å². The van der Waals surface area contributed by atoms with Crippen LogP contribution in [0.25, 0.3) is 0 Å². The summed E-state index contributed by atoms with van der Waals surface area (Å²) in [5, 5.41) is 9.10. The van der Waals surface area contributed by atoms with E-state index in [-0.39, 0.29) is 6.61 Å². The Morgan fingerprint density at radius 3 is 2.60 bits per heavy atom. The number of aliphatic hydroxyl groups is 1. The van der Waals surface area contributed by atoms with Crippen molar-refractivity contribution in [2.45, 2.75) is 6.61 Å². The lowest BCUT2D eigenvalue weighted by Gasteiger charge is -2.12. The molecule has 1 N–H and O–H groups in total. The summed E-state index contributed by atoms with van der Waals surface area (Å²) < 4.78 is 11.6. The van der Waals surface area contributed by atoms with Crippen LogP contribution in [0, 0.1) is 0 Å². The topological polar surface area (TPSA) is 55.8 Å². The molecular weight excluding hydrogens is 324 g/mol. The number of hydrogen-bond acceptors (Lipinski definition) is 4. The predicted molar refractivity (Wildman–Crippen MR) is 78.5 cm³/mol. The van der Waals surface area contributed by atoms with Gasteiger partial charge in [-0.05, 0) is 51.8 Å². The zero-order chi connectivity index (χ0) is 14.5. The number of benzene rings is 2. The molecule has 0 fully saturated rings. The maximum absolute atomic E-state index is 10.8. The number of hydrogen-bond donors (Lipinski definition) is 1. The molecule has 0 spiro atoms. The van der Waals surface area contributed by atoms with Crippen molar-refractivity contribution in [1.82, 2.24) is 0 Å². The van der Waals surface area contributed by atoms with Gasteiger partial charge in [-0.1, -0.05) is 6.07 Å². The van der Waals surface area contributed by atoms with E-state index < -0.39 is 0 Å². The highest BCUT2D eigenvalue weighted by molar-refractivity contribution is 9.10. The molecule has 2 aromatic carbocycles. The number of carbonyl (C=O) groups excluding carboxylic acids is 1. The van der Waals surface area contributed by atoms with Crippen LogP contribution in [0.15, 0.2) is 40.9 Å². The molecule has 0 amide bonds. The van der Waals surface area contributed by atoms with Crippen molar-refractivity contribution >= 4 is 22.2 Å². The van der Waals surface area contributed by atoms with Gasteiger partial charge in [-0.3, -0.25) is 4.79 Å². The van der Waals surface area contributed by atoms with Crippen LogP contribution < -0.4 is 9.47 Å². The van der Waals surface area contributed by atoms with Gasteiger partial charge in [0, 0.05) is 10.0 Å². The van der Waals surface area contributed by atoms with Gasteiger partial charge in [0.05, 0.1) is 13.7 Å². The molecule has 20 heavy (non-hydrogen) atoms.